The van der Waals surface area contributed by atoms with E-state index in [9.17, 15) is 13.2 Å². The Morgan fingerprint density at radius 3 is 2.61 bits per heavy atom. The number of alkyl halides is 3. The van der Waals surface area contributed by atoms with Gasteiger partial charge in [0.1, 0.15) is 17.2 Å². The summed E-state index contributed by atoms with van der Waals surface area (Å²) < 4.78 is 41.7. The topological polar surface area (TPSA) is 68.0 Å². The van der Waals surface area contributed by atoms with Gasteiger partial charge in [0.05, 0.1) is 12.2 Å². The van der Waals surface area contributed by atoms with Gasteiger partial charge in [0.15, 0.2) is 11.5 Å². The van der Waals surface area contributed by atoms with Crippen LogP contribution in [0.4, 0.5) is 19.0 Å². The number of hydrogen-bond donors (Lipinski definition) is 1. The summed E-state index contributed by atoms with van der Waals surface area (Å²) in [5.41, 5.74) is 1.69. The van der Waals surface area contributed by atoms with Crippen molar-refractivity contribution in [2.45, 2.75) is 19.6 Å². The molecule has 0 saturated carbocycles. The molecule has 0 bridgehead atoms. The summed E-state index contributed by atoms with van der Waals surface area (Å²) in [6, 6.07) is 11.5. The first-order chi connectivity index (χ1) is 13.4. The third kappa shape index (κ3) is 3.64. The maximum atomic E-state index is 13.3. The molecule has 0 aliphatic rings. The van der Waals surface area contributed by atoms with E-state index in [4.69, 9.17) is 0 Å². The van der Waals surface area contributed by atoms with Crippen LogP contribution in [0.3, 0.4) is 0 Å². The molecule has 0 unspecified atom stereocenters. The summed E-state index contributed by atoms with van der Waals surface area (Å²) in [7, 11) is 0. The number of fused-ring (bicyclic) bond motifs is 1. The summed E-state index contributed by atoms with van der Waals surface area (Å²) in [6.07, 6.45) is -1.28. The molecule has 4 aromatic rings. The van der Waals surface area contributed by atoms with E-state index in [0.717, 1.165) is 17.4 Å². The highest BCUT2D eigenvalue weighted by atomic mass is 19.4. The van der Waals surface area contributed by atoms with E-state index in [1.165, 1.54) is 6.20 Å². The number of nitrogens with zero attached hydrogens (tertiary/aromatic N) is 5. The van der Waals surface area contributed by atoms with Gasteiger partial charge in [0, 0.05) is 24.2 Å². The first kappa shape index (κ1) is 17.9. The molecule has 0 fully saturated rings. The average molecular weight is 384 g/mol. The van der Waals surface area contributed by atoms with Crippen LogP contribution in [0.5, 0.6) is 0 Å². The van der Waals surface area contributed by atoms with Crippen molar-refractivity contribution in [1.82, 2.24) is 24.3 Å². The molecule has 4 rings (SSSR count). The van der Waals surface area contributed by atoms with Gasteiger partial charge in [0.2, 0.25) is 0 Å². The van der Waals surface area contributed by atoms with Crippen molar-refractivity contribution < 1.29 is 13.2 Å². The third-order valence-corrected chi connectivity index (χ3v) is 4.11. The van der Waals surface area contributed by atoms with Crippen LogP contribution in [0.2, 0.25) is 0 Å². The predicted octanol–water partition coefficient (Wildman–Crippen LogP) is 4.13. The average Bonchev–Trinajstić information content (AvgIpc) is 3.11. The molecule has 28 heavy (non-hydrogen) atoms. The van der Waals surface area contributed by atoms with E-state index < -0.39 is 11.9 Å². The molecule has 9 heteroatoms. The zero-order valence-corrected chi connectivity index (χ0v) is 14.8. The van der Waals surface area contributed by atoms with Crippen molar-refractivity contribution in [3.05, 3.63) is 71.9 Å². The second-order valence-corrected chi connectivity index (χ2v) is 6.16. The first-order valence-electron chi connectivity index (χ1n) is 8.45. The number of aromatic nitrogens is 5. The summed E-state index contributed by atoms with van der Waals surface area (Å²) in [5.74, 6) is -0.0412. The Kier molecular flexibility index (Phi) is 4.42. The van der Waals surface area contributed by atoms with Gasteiger partial charge in [0.25, 0.3) is 0 Å². The maximum Gasteiger partial charge on any atom is 0.433 e. The second kappa shape index (κ2) is 6.91. The summed E-state index contributed by atoms with van der Waals surface area (Å²) in [6.45, 7) is 2.17. The number of halogens is 3. The largest absolute Gasteiger partial charge is 0.433 e. The van der Waals surface area contributed by atoms with Crippen molar-refractivity contribution >= 4 is 11.5 Å². The van der Waals surface area contributed by atoms with Crippen LogP contribution in [0, 0.1) is 6.92 Å². The molecular formula is C19H15F3N6. The van der Waals surface area contributed by atoms with Gasteiger partial charge >= 0.3 is 6.18 Å². The van der Waals surface area contributed by atoms with E-state index in [1.54, 1.807) is 18.2 Å². The lowest BCUT2D eigenvalue weighted by Crippen LogP contribution is -2.12. The molecule has 0 saturated heterocycles. The molecule has 0 spiro atoms. The standard InChI is InChI=1S/C19H15F3N6/c1-12-5-4-7-17-25-13(11-28(12)17)10-24-16-9-15(19(20,21)22)26-18(27-16)14-6-2-3-8-23-14/h2-9,11H,10H2,1H3,(H,24,26,27). The number of hydrogen-bond acceptors (Lipinski definition) is 5. The number of pyridine rings is 2. The van der Waals surface area contributed by atoms with Crippen LogP contribution in [0.15, 0.2) is 54.9 Å². The fourth-order valence-corrected chi connectivity index (χ4v) is 2.76. The summed E-state index contributed by atoms with van der Waals surface area (Å²) in [4.78, 5) is 16.3. The Morgan fingerprint density at radius 1 is 1.04 bits per heavy atom. The normalized spacial score (nSPS) is 11.7. The third-order valence-electron chi connectivity index (χ3n) is 4.11. The van der Waals surface area contributed by atoms with Crippen LogP contribution in [0.25, 0.3) is 17.2 Å². The van der Waals surface area contributed by atoms with Gasteiger partial charge < -0.3 is 9.72 Å². The van der Waals surface area contributed by atoms with Crippen molar-refractivity contribution in [3.63, 3.8) is 0 Å². The highest BCUT2D eigenvalue weighted by molar-refractivity contribution is 5.53. The van der Waals surface area contributed by atoms with Crippen molar-refractivity contribution in [2.75, 3.05) is 5.32 Å². The Hall–Kier alpha value is -3.49. The zero-order valence-electron chi connectivity index (χ0n) is 14.8. The Morgan fingerprint density at radius 2 is 1.89 bits per heavy atom. The zero-order chi connectivity index (χ0) is 19.7. The lowest BCUT2D eigenvalue weighted by molar-refractivity contribution is -0.141. The van der Waals surface area contributed by atoms with Gasteiger partial charge in [-0.1, -0.05) is 12.1 Å². The molecule has 142 valence electrons. The van der Waals surface area contributed by atoms with Crippen LogP contribution in [0.1, 0.15) is 17.1 Å². The molecule has 0 radical (unpaired) electrons. The van der Waals surface area contributed by atoms with Gasteiger partial charge in [-0.15, -0.1) is 0 Å². The van der Waals surface area contributed by atoms with Crippen LogP contribution in [-0.4, -0.2) is 24.3 Å². The Labute approximate surface area is 158 Å². The molecule has 0 amide bonds. The summed E-state index contributed by atoms with van der Waals surface area (Å²) in [5, 5.41) is 2.91. The van der Waals surface area contributed by atoms with Crippen molar-refractivity contribution in [1.29, 1.82) is 0 Å². The molecule has 6 nitrogen and oxygen atoms in total. The highest BCUT2D eigenvalue weighted by Gasteiger charge is 2.34. The highest BCUT2D eigenvalue weighted by Crippen LogP contribution is 2.30. The van der Waals surface area contributed by atoms with Gasteiger partial charge in [-0.3, -0.25) is 4.98 Å². The van der Waals surface area contributed by atoms with E-state index in [0.29, 0.717) is 5.69 Å². The Balaban J connectivity index is 1.65. The number of rotatable bonds is 4. The quantitative estimate of drug-likeness (QED) is 0.573. The minimum absolute atomic E-state index is 0.0526. The number of aryl methyl sites for hydroxylation is 1. The van der Waals surface area contributed by atoms with Gasteiger partial charge in [-0.25, -0.2) is 15.0 Å². The van der Waals surface area contributed by atoms with Gasteiger partial charge in [-0.05, 0) is 31.2 Å². The summed E-state index contributed by atoms with van der Waals surface area (Å²) >= 11 is 0. The Bertz CT molecular complexity index is 1120. The predicted molar refractivity (Wildman–Crippen MR) is 97.5 cm³/mol. The molecule has 4 heterocycles. The van der Waals surface area contributed by atoms with Crippen molar-refractivity contribution in [2.24, 2.45) is 0 Å². The SMILES string of the molecule is Cc1cccc2nc(CNc3cc(C(F)(F)F)nc(-c4ccccn4)n3)cn12. The molecule has 0 atom stereocenters. The number of anilines is 1. The number of imidazole rings is 1. The van der Waals surface area contributed by atoms with Crippen molar-refractivity contribution in [3.8, 4) is 11.5 Å². The minimum Gasteiger partial charge on any atom is -0.364 e. The smallest absolute Gasteiger partial charge is 0.364 e. The van der Waals surface area contributed by atoms with Crippen LogP contribution in [-0.2, 0) is 12.7 Å². The van der Waals surface area contributed by atoms with Crippen LogP contribution >= 0.6 is 0 Å². The van der Waals surface area contributed by atoms with E-state index in [-0.39, 0.29) is 23.9 Å². The fourth-order valence-electron chi connectivity index (χ4n) is 2.76. The maximum absolute atomic E-state index is 13.3. The molecular weight excluding hydrogens is 369 g/mol. The number of nitrogens with one attached hydrogen (secondary N) is 1. The molecule has 1 N–H and O–H groups in total. The monoisotopic (exact) mass is 384 g/mol. The molecule has 0 aliphatic carbocycles. The lowest BCUT2D eigenvalue weighted by atomic mass is 10.3. The second-order valence-electron chi connectivity index (χ2n) is 6.16. The molecule has 4 aromatic heterocycles. The van der Waals surface area contributed by atoms with E-state index >= 15 is 0 Å². The van der Waals surface area contributed by atoms with Crippen LogP contribution < -0.4 is 5.32 Å². The molecule has 0 aromatic carbocycles. The van der Waals surface area contributed by atoms with E-state index in [2.05, 4.69) is 25.3 Å². The minimum atomic E-state index is -4.59. The lowest BCUT2D eigenvalue weighted by Gasteiger charge is -2.11. The first-order valence-corrected chi connectivity index (χ1v) is 8.45. The fraction of sp³-hybridized carbons (Fsp3) is 0.158. The molecule has 0 aliphatic heterocycles. The van der Waals surface area contributed by atoms with Gasteiger partial charge in [-0.2, -0.15) is 13.2 Å². The van der Waals surface area contributed by atoms with E-state index in [1.807, 2.05) is 35.7 Å².